The fraction of sp³-hybridized carbons (Fsp3) is 0.184. The molecular weight excluding hydrogens is 656 g/mol. The summed E-state index contributed by atoms with van der Waals surface area (Å²) in [6.45, 7) is 7.17. The largest absolute Gasteiger partial charge is 0.463 e. The molecule has 1 aliphatic rings. The number of quaternary nitrogens is 1. The van der Waals surface area contributed by atoms with Crippen LogP contribution in [0.5, 0.6) is 0 Å². The minimum atomic E-state index is -1.04. The summed E-state index contributed by atoms with van der Waals surface area (Å²) in [7, 11) is 0. The maximum atomic E-state index is 14.4. The summed E-state index contributed by atoms with van der Waals surface area (Å²) in [5.74, 6) is -1.34. The summed E-state index contributed by atoms with van der Waals surface area (Å²) >= 11 is 6.80. The Hall–Kier alpha value is -5.62. The van der Waals surface area contributed by atoms with Crippen molar-refractivity contribution >= 4 is 58.0 Å². The fourth-order valence-corrected chi connectivity index (χ4v) is 6.61. The van der Waals surface area contributed by atoms with Crippen molar-refractivity contribution in [2.75, 3.05) is 18.5 Å². The lowest BCUT2D eigenvalue weighted by atomic mass is 9.78. The third-order valence-corrected chi connectivity index (χ3v) is 9.13. The molecule has 3 aromatic carbocycles. The van der Waals surface area contributed by atoms with Crippen LogP contribution in [0, 0.1) is 6.92 Å². The van der Waals surface area contributed by atoms with Gasteiger partial charge < -0.3 is 15.4 Å². The molecule has 0 bridgehead atoms. The molecular formula is C38H36ClN6O5+. The zero-order valence-corrected chi connectivity index (χ0v) is 28.7. The number of para-hydroxylation sites is 2. The Morgan fingerprint density at radius 2 is 1.74 bits per heavy atom. The van der Waals surface area contributed by atoms with Gasteiger partial charge in [0.05, 0.1) is 35.5 Å². The van der Waals surface area contributed by atoms with Gasteiger partial charge in [0.1, 0.15) is 23.6 Å². The second-order valence-corrected chi connectivity index (χ2v) is 12.2. The number of nitrogens with zero attached hydrogens (tertiary/aromatic N) is 4. The van der Waals surface area contributed by atoms with E-state index in [1.165, 1.54) is 0 Å². The van der Waals surface area contributed by atoms with Crippen molar-refractivity contribution < 1.29 is 24.3 Å². The predicted octanol–water partition coefficient (Wildman–Crippen LogP) is 6.83. The molecule has 0 aliphatic carbocycles. The van der Waals surface area contributed by atoms with E-state index >= 15 is 0 Å². The average Bonchev–Trinajstić information content (AvgIpc) is 3.46. The molecule has 1 aliphatic heterocycles. The number of anilines is 1. The molecule has 5 aromatic rings. The molecule has 254 valence electrons. The molecule has 3 heterocycles. The number of esters is 1. The molecule has 2 atom stereocenters. The summed E-state index contributed by atoms with van der Waals surface area (Å²) in [5.41, 5.74) is 5.51. The second-order valence-electron chi connectivity index (χ2n) is 11.8. The highest BCUT2D eigenvalue weighted by molar-refractivity contribution is 6.31. The predicted molar refractivity (Wildman–Crippen MR) is 192 cm³/mol. The molecule has 2 amide bonds. The fourth-order valence-electron chi connectivity index (χ4n) is 6.37. The van der Waals surface area contributed by atoms with Crippen LogP contribution >= 0.6 is 11.6 Å². The molecule has 0 saturated heterocycles. The normalized spacial score (nSPS) is 15.8. The van der Waals surface area contributed by atoms with Gasteiger partial charge in [0.15, 0.2) is 5.69 Å². The molecule has 2 aromatic heterocycles. The number of aromatic nitrogens is 3. The van der Waals surface area contributed by atoms with E-state index in [9.17, 15) is 19.6 Å². The summed E-state index contributed by atoms with van der Waals surface area (Å²) < 4.78 is 6.60. The maximum absolute atomic E-state index is 14.4. The monoisotopic (exact) mass is 691 g/mol. The number of nitrogens with one attached hydrogen (secondary N) is 2. The van der Waals surface area contributed by atoms with Crippen LogP contribution in [0.15, 0.2) is 108 Å². The first-order chi connectivity index (χ1) is 24.1. The summed E-state index contributed by atoms with van der Waals surface area (Å²) in [5, 5.41) is 17.6. The van der Waals surface area contributed by atoms with Crippen molar-refractivity contribution in [1.82, 2.24) is 24.5 Å². The minimum Gasteiger partial charge on any atom is -0.463 e. The standard InChI is InChI=1S/C38H35ClN6O5/c1-5-45(49,22-46)32-14-10-9-13-29(32)43-37(47)33-23(3)41-36(35(38(48)50-6-2)34(33)27-11-7-8-12-28(27)39)25-15-17-26(18-16-25)44-24(4)42-30-21-40-20-19-31(30)44/h7-22,34,49H,5-6H2,1-4H3,(H-,41,43,47,48)/p+1. The van der Waals surface area contributed by atoms with Gasteiger partial charge in [-0.25, -0.2) is 19.8 Å². The van der Waals surface area contributed by atoms with Crippen LogP contribution in [0.25, 0.3) is 22.4 Å². The van der Waals surface area contributed by atoms with Crippen molar-refractivity contribution in [1.29, 1.82) is 0 Å². The van der Waals surface area contributed by atoms with E-state index in [0.29, 0.717) is 34.0 Å². The smallest absolute Gasteiger partial charge is 0.338 e. The van der Waals surface area contributed by atoms with Gasteiger partial charge in [-0.05, 0) is 69.2 Å². The Bertz CT molecular complexity index is 2190. The number of pyridine rings is 1. The number of fused-ring (bicyclic) bond motifs is 1. The Balaban J connectivity index is 1.49. The Labute approximate surface area is 294 Å². The van der Waals surface area contributed by atoms with Gasteiger partial charge in [-0.15, -0.1) is 0 Å². The van der Waals surface area contributed by atoms with Crippen molar-refractivity contribution in [2.45, 2.75) is 33.6 Å². The maximum Gasteiger partial charge on any atom is 0.338 e. The van der Waals surface area contributed by atoms with Crippen molar-refractivity contribution in [3.8, 4) is 5.69 Å². The lowest BCUT2D eigenvalue weighted by molar-refractivity contribution is -0.145. The van der Waals surface area contributed by atoms with E-state index < -0.39 is 22.4 Å². The van der Waals surface area contributed by atoms with Crippen molar-refractivity contribution in [2.24, 2.45) is 0 Å². The number of aryl methyl sites for hydroxylation is 1. The highest BCUT2D eigenvalue weighted by atomic mass is 35.5. The number of imidazole rings is 1. The molecule has 50 heavy (non-hydrogen) atoms. The summed E-state index contributed by atoms with van der Waals surface area (Å²) in [4.78, 5) is 49.2. The molecule has 2 unspecified atom stereocenters. The van der Waals surface area contributed by atoms with Crippen LogP contribution in [0.1, 0.15) is 43.6 Å². The van der Waals surface area contributed by atoms with Gasteiger partial charge in [0, 0.05) is 34.2 Å². The number of dihydropyridines is 1. The number of hydrogen-bond donors (Lipinski definition) is 3. The number of halogens is 1. The Morgan fingerprint density at radius 3 is 2.44 bits per heavy atom. The van der Waals surface area contributed by atoms with Crippen LogP contribution in [0.3, 0.4) is 0 Å². The van der Waals surface area contributed by atoms with E-state index in [4.69, 9.17) is 16.3 Å². The molecule has 3 N–H and O–H groups in total. The number of carbonyl (C=O) groups excluding carboxylic acids is 3. The molecule has 0 saturated carbocycles. The molecule has 0 spiro atoms. The SMILES string of the molecule is CCOC(=O)C1=C(c2ccc(-n3c(C)nc4cnccc43)cc2)NC(C)=C(C(=O)Nc2ccccc2[N+](O)(C=O)CC)C1c1ccccc1Cl. The van der Waals surface area contributed by atoms with E-state index in [1.54, 1.807) is 81.7 Å². The quantitative estimate of drug-likeness (QED) is 0.0477. The lowest BCUT2D eigenvalue weighted by Crippen LogP contribution is -2.44. The van der Waals surface area contributed by atoms with Gasteiger partial charge in [-0.2, -0.15) is 0 Å². The van der Waals surface area contributed by atoms with Gasteiger partial charge in [-0.1, -0.05) is 58.7 Å². The van der Waals surface area contributed by atoms with Crippen LogP contribution < -0.4 is 15.3 Å². The van der Waals surface area contributed by atoms with Gasteiger partial charge in [0.2, 0.25) is 0 Å². The number of ether oxygens (including phenoxy) is 1. The van der Waals surface area contributed by atoms with E-state index in [1.807, 2.05) is 41.8 Å². The van der Waals surface area contributed by atoms with Crippen molar-refractivity contribution in [3.05, 3.63) is 130 Å². The van der Waals surface area contributed by atoms with Gasteiger partial charge >= 0.3 is 12.4 Å². The lowest BCUT2D eigenvalue weighted by Gasteiger charge is -2.33. The topological polar surface area (TPSA) is 135 Å². The van der Waals surface area contributed by atoms with Crippen LogP contribution in [0.4, 0.5) is 11.4 Å². The third-order valence-electron chi connectivity index (χ3n) is 8.78. The Kier molecular flexibility index (Phi) is 9.65. The van der Waals surface area contributed by atoms with Gasteiger partial charge in [-0.3, -0.25) is 14.3 Å². The van der Waals surface area contributed by atoms with E-state index in [0.717, 1.165) is 22.5 Å². The highest BCUT2D eigenvalue weighted by Gasteiger charge is 2.40. The number of hydroxylamine groups is 2. The molecule has 11 nitrogen and oxygen atoms in total. The molecule has 0 fully saturated rings. The Morgan fingerprint density at radius 1 is 1.02 bits per heavy atom. The first-order valence-corrected chi connectivity index (χ1v) is 16.5. The number of hydrogen-bond acceptors (Lipinski definition) is 8. The van der Waals surface area contributed by atoms with E-state index in [-0.39, 0.29) is 35.7 Å². The highest BCUT2D eigenvalue weighted by Crippen LogP contribution is 2.44. The van der Waals surface area contributed by atoms with Gasteiger partial charge in [0.25, 0.3) is 5.91 Å². The zero-order valence-electron chi connectivity index (χ0n) is 28.0. The van der Waals surface area contributed by atoms with Crippen molar-refractivity contribution in [3.63, 3.8) is 0 Å². The summed E-state index contributed by atoms with van der Waals surface area (Å²) in [6.07, 6.45) is 3.84. The average molecular weight is 692 g/mol. The third kappa shape index (κ3) is 6.18. The van der Waals surface area contributed by atoms with E-state index in [2.05, 4.69) is 20.6 Å². The van der Waals surface area contributed by atoms with Crippen LogP contribution in [-0.4, -0.2) is 51.2 Å². The zero-order chi connectivity index (χ0) is 35.6. The van der Waals surface area contributed by atoms with Crippen LogP contribution in [0.2, 0.25) is 5.02 Å². The number of carbonyl (C=O) groups is 3. The first-order valence-electron chi connectivity index (χ1n) is 16.1. The second kappa shape index (κ2) is 14.1. The molecule has 0 radical (unpaired) electrons. The number of benzene rings is 3. The molecule has 12 heteroatoms. The number of allylic oxidation sites excluding steroid dienone is 1. The molecule has 6 rings (SSSR count). The number of amides is 2. The number of rotatable bonds is 10. The first kappa shape index (κ1) is 34.3. The summed E-state index contributed by atoms with van der Waals surface area (Å²) in [6, 6.07) is 23.1. The van der Waals surface area contributed by atoms with Crippen LogP contribution in [-0.2, 0) is 19.1 Å². The minimum absolute atomic E-state index is 0.0354.